The molecule has 0 aliphatic carbocycles. The van der Waals surface area contributed by atoms with E-state index in [4.69, 9.17) is 0 Å². The molecule has 0 aromatic heterocycles. The molecular formula is C6H10N4O12S2. The highest BCUT2D eigenvalue weighted by Gasteiger charge is 2.19. The Morgan fingerprint density at radius 3 is 1.25 bits per heavy atom. The van der Waals surface area contributed by atoms with Gasteiger partial charge in [0, 0.05) is 11.5 Å². The van der Waals surface area contributed by atoms with E-state index in [1.807, 2.05) is 0 Å². The van der Waals surface area contributed by atoms with Gasteiger partial charge in [0.1, 0.15) is 25.4 Å². The monoisotopic (exact) mass is 394 g/mol. The van der Waals surface area contributed by atoms with Gasteiger partial charge in [-0.3, -0.25) is 0 Å². The zero-order valence-corrected chi connectivity index (χ0v) is 13.1. The summed E-state index contributed by atoms with van der Waals surface area (Å²) < 4.78 is 0. The Morgan fingerprint density at radius 1 is 0.667 bits per heavy atom. The minimum absolute atomic E-state index is 0.138. The second-order valence-electron chi connectivity index (χ2n) is 3.51. The standard InChI is InChI=1S/C6H10N4O12S2/c11-7(12)19-1-5(21-9(15)16)3-23-24-4-6(22-10(17)18)2-20-8(13)14/h5-6H,1-4H2. The average molecular weight is 394 g/mol. The zero-order chi connectivity index (χ0) is 18.5. The molecule has 0 aliphatic heterocycles. The minimum Gasteiger partial charge on any atom is -0.312 e. The lowest BCUT2D eigenvalue weighted by molar-refractivity contribution is -0.788. The van der Waals surface area contributed by atoms with E-state index in [9.17, 15) is 40.5 Å². The number of hydrogen-bond acceptors (Lipinski definition) is 14. The maximum atomic E-state index is 10.2. The molecule has 0 spiro atoms. The van der Waals surface area contributed by atoms with E-state index in [2.05, 4.69) is 19.4 Å². The first kappa shape index (κ1) is 21.5. The molecule has 0 aliphatic rings. The molecule has 0 bridgehead atoms. The van der Waals surface area contributed by atoms with Gasteiger partial charge in [0.05, 0.1) is 0 Å². The van der Waals surface area contributed by atoms with Gasteiger partial charge in [0.2, 0.25) is 0 Å². The Labute approximate surface area is 139 Å². The molecule has 18 heteroatoms. The normalized spacial score (nSPS) is 12.5. The van der Waals surface area contributed by atoms with Gasteiger partial charge in [-0.05, 0) is 0 Å². The zero-order valence-electron chi connectivity index (χ0n) is 11.5. The van der Waals surface area contributed by atoms with E-state index >= 15 is 0 Å². The van der Waals surface area contributed by atoms with Gasteiger partial charge in [-0.25, -0.2) is 0 Å². The quantitative estimate of drug-likeness (QED) is 0.154. The maximum absolute atomic E-state index is 10.2. The van der Waals surface area contributed by atoms with Crippen molar-refractivity contribution in [3.05, 3.63) is 40.5 Å². The molecule has 138 valence electrons. The van der Waals surface area contributed by atoms with Gasteiger partial charge >= 0.3 is 0 Å². The van der Waals surface area contributed by atoms with Crippen LogP contribution in [0.5, 0.6) is 0 Å². The van der Waals surface area contributed by atoms with Gasteiger partial charge in [-0.2, -0.15) is 0 Å². The molecule has 0 saturated carbocycles. The lowest BCUT2D eigenvalue weighted by Gasteiger charge is -2.15. The van der Waals surface area contributed by atoms with Crippen LogP contribution in [0.25, 0.3) is 0 Å². The summed E-state index contributed by atoms with van der Waals surface area (Å²) in [6, 6.07) is 0. The first-order valence-corrected chi connectivity index (χ1v) is 8.10. The van der Waals surface area contributed by atoms with E-state index in [1.165, 1.54) is 0 Å². The largest absolute Gasteiger partial charge is 0.312 e. The number of nitrogens with zero attached hydrogens (tertiary/aromatic N) is 4. The van der Waals surface area contributed by atoms with Crippen LogP contribution in [-0.4, -0.2) is 57.3 Å². The highest BCUT2D eigenvalue weighted by molar-refractivity contribution is 8.76. The van der Waals surface area contributed by atoms with E-state index < -0.39 is 45.8 Å². The summed E-state index contributed by atoms with van der Waals surface area (Å²) in [6.07, 6.45) is -2.51. The molecule has 0 radical (unpaired) electrons. The number of hydrogen-bond donors (Lipinski definition) is 0. The summed E-state index contributed by atoms with van der Waals surface area (Å²) in [5.41, 5.74) is 0. The summed E-state index contributed by atoms with van der Waals surface area (Å²) in [6.45, 7) is -1.39. The van der Waals surface area contributed by atoms with E-state index in [0.29, 0.717) is 0 Å². The molecule has 2 unspecified atom stereocenters. The van der Waals surface area contributed by atoms with Gasteiger partial charge in [0.15, 0.2) is 0 Å². The molecule has 0 fully saturated rings. The first-order valence-electron chi connectivity index (χ1n) is 5.62. The molecule has 2 atom stereocenters. The molecular weight excluding hydrogens is 384 g/mol. The fourth-order valence-corrected chi connectivity index (χ4v) is 3.30. The van der Waals surface area contributed by atoms with E-state index in [1.54, 1.807) is 0 Å². The van der Waals surface area contributed by atoms with Crippen LogP contribution < -0.4 is 0 Å². The van der Waals surface area contributed by atoms with Crippen molar-refractivity contribution in [3.8, 4) is 0 Å². The Balaban J connectivity index is 4.23. The van der Waals surface area contributed by atoms with Crippen molar-refractivity contribution in [3.63, 3.8) is 0 Å². The Bertz CT molecular complexity index is 411. The van der Waals surface area contributed by atoms with Gasteiger partial charge in [-0.15, -0.1) is 40.5 Å². The molecule has 0 saturated heterocycles. The highest BCUT2D eigenvalue weighted by atomic mass is 33.1. The van der Waals surface area contributed by atoms with Crippen LogP contribution in [0.15, 0.2) is 0 Å². The molecule has 0 rings (SSSR count). The van der Waals surface area contributed by atoms with Crippen LogP contribution in [0.4, 0.5) is 0 Å². The van der Waals surface area contributed by atoms with Crippen LogP contribution in [-0.2, 0) is 19.4 Å². The fourth-order valence-electron chi connectivity index (χ4n) is 0.997. The van der Waals surface area contributed by atoms with Gasteiger partial charge < -0.3 is 19.4 Å². The summed E-state index contributed by atoms with van der Waals surface area (Å²) in [5, 5.41) is 35.9. The summed E-state index contributed by atoms with van der Waals surface area (Å²) in [4.78, 5) is 56.8. The Kier molecular flexibility index (Phi) is 10.7. The van der Waals surface area contributed by atoms with Crippen molar-refractivity contribution in [2.24, 2.45) is 0 Å². The minimum atomic E-state index is -1.26. The van der Waals surface area contributed by atoms with Crippen molar-refractivity contribution >= 4 is 21.6 Å². The van der Waals surface area contributed by atoms with E-state index in [-0.39, 0.29) is 11.5 Å². The van der Waals surface area contributed by atoms with Crippen molar-refractivity contribution in [1.82, 2.24) is 0 Å². The van der Waals surface area contributed by atoms with Crippen molar-refractivity contribution in [2.75, 3.05) is 24.7 Å². The predicted molar refractivity (Wildman–Crippen MR) is 74.5 cm³/mol. The lowest BCUT2D eigenvalue weighted by Crippen LogP contribution is -2.27. The Morgan fingerprint density at radius 2 is 1.00 bits per heavy atom. The number of rotatable bonds is 15. The molecule has 0 aromatic carbocycles. The first-order chi connectivity index (χ1) is 11.2. The summed E-state index contributed by atoms with van der Waals surface area (Å²) in [7, 11) is 1.80. The van der Waals surface area contributed by atoms with E-state index in [0.717, 1.165) is 21.6 Å². The second-order valence-corrected chi connectivity index (χ2v) is 6.06. The molecule has 0 N–H and O–H groups in total. The van der Waals surface area contributed by atoms with Gasteiger partial charge in [0.25, 0.3) is 20.3 Å². The smallest absolute Gasteiger partial charge is 0.294 e. The third kappa shape index (κ3) is 13.2. The second kappa shape index (κ2) is 12.0. The fraction of sp³-hybridized carbons (Fsp3) is 1.00. The van der Waals surface area contributed by atoms with Crippen LogP contribution in [0.3, 0.4) is 0 Å². The van der Waals surface area contributed by atoms with Crippen molar-refractivity contribution in [1.29, 1.82) is 0 Å². The third-order valence-corrected chi connectivity index (χ3v) is 4.29. The van der Waals surface area contributed by atoms with Gasteiger partial charge in [-0.1, -0.05) is 21.6 Å². The van der Waals surface area contributed by atoms with Crippen LogP contribution >= 0.6 is 21.6 Å². The topological polar surface area (TPSA) is 209 Å². The molecule has 16 nitrogen and oxygen atoms in total. The van der Waals surface area contributed by atoms with Crippen LogP contribution in [0, 0.1) is 40.5 Å². The maximum Gasteiger partial charge on any atom is 0.294 e. The third-order valence-electron chi connectivity index (χ3n) is 1.79. The summed E-state index contributed by atoms with van der Waals surface area (Å²) >= 11 is 0. The van der Waals surface area contributed by atoms with Crippen molar-refractivity contribution < 1.29 is 39.7 Å². The van der Waals surface area contributed by atoms with Crippen LogP contribution in [0.2, 0.25) is 0 Å². The Hall–Kier alpha value is -2.50. The molecule has 0 amide bonds. The van der Waals surface area contributed by atoms with Crippen molar-refractivity contribution in [2.45, 2.75) is 12.2 Å². The predicted octanol–water partition coefficient (Wildman–Crippen LogP) is -0.0618. The van der Waals surface area contributed by atoms with Crippen LogP contribution in [0.1, 0.15) is 0 Å². The highest BCUT2D eigenvalue weighted by Crippen LogP contribution is 2.24. The summed E-state index contributed by atoms with van der Waals surface area (Å²) in [5.74, 6) is -0.276. The SMILES string of the molecule is O=[N+]([O-])OCC(CSSCC(CO[N+](=O)[O-])O[N+](=O)[O-])O[N+](=O)[O-]. The molecule has 24 heavy (non-hydrogen) atoms. The molecule has 0 heterocycles. The molecule has 0 aromatic rings. The lowest BCUT2D eigenvalue weighted by atomic mass is 10.4. The average Bonchev–Trinajstić information content (AvgIpc) is 2.44.